The first kappa shape index (κ1) is 57.6. The van der Waals surface area contributed by atoms with Crippen molar-refractivity contribution in [3.05, 3.63) is 57.0 Å². The molecule has 0 atom stereocenters. The summed E-state index contributed by atoms with van der Waals surface area (Å²) in [6.45, 7) is -0.402. The van der Waals surface area contributed by atoms with E-state index in [-0.39, 0.29) is 69.4 Å². The predicted molar refractivity (Wildman–Crippen MR) is 197 cm³/mol. The SMILES string of the molecule is C.C.CNc1c(F)c(F)c(S(=O)(=O)NCC[N+](C)(C)CCCS(=O)(=O)[O-])c(F)c1F.C[N+](C)(CCCS(=O)(=O)[O-])CCNS(=O)(=O)c1c(F)c(F)c(N=[N+]=[N-])c(F)c1F. The molecular formula is C29H46F8N8O10S4. The van der Waals surface area contributed by atoms with Gasteiger partial charge in [0.15, 0.2) is 56.3 Å². The zero-order chi connectivity index (χ0) is 44.5. The van der Waals surface area contributed by atoms with E-state index in [1.807, 2.05) is 15.0 Å². The summed E-state index contributed by atoms with van der Waals surface area (Å²) < 4.78 is 227. The molecule has 0 fully saturated rings. The van der Waals surface area contributed by atoms with E-state index < -0.39 is 126 Å². The number of hydrogen-bond acceptors (Lipinski definition) is 12. The van der Waals surface area contributed by atoms with Gasteiger partial charge in [-0.05, 0) is 5.53 Å². The van der Waals surface area contributed by atoms with Gasteiger partial charge in [0.2, 0.25) is 20.0 Å². The topological polar surface area (TPSA) is 268 Å². The number of benzene rings is 2. The van der Waals surface area contributed by atoms with Crippen LogP contribution >= 0.6 is 0 Å². The second-order valence-electron chi connectivity index (χ2n) is 13.1. The highest BCUT2D eigenvalue weighted by Crippen LogP contribution is 2.33. The number of anilines is 1. The van der Waals surface area contributed by atoms with Crippen LogP contribution in [0.4, 0.5) is 46.5 Å². The number of halogens is 8. The number of azide groups is 1. The number of rotatable bonds is 20. The standard InChI is InChI=1S/C14H21F4N3O5S2.C13H17F4N5O5S2.2CH4/c1-19-13-9(15)11(17)14(12(18)10(13)16)28(25,26)20-5-7-21(2,3)6-4-8-27(22,23)24;1-22(2,5-3-7-28(23,24)25)6-4-19-29(26,27)13-10(16)8(14)12(20-21-18)9(15)11(13)17;;/h19-20H,4-8H2,1-3H3;19H,3-7H2,1-2H3;2*1H4. The number of sulfonamides is 2. The summed E-state index contributed by atoms with van der Waals surface area (Å²) in [5, 5.41) is 4.36. The fourth-order valence-electron chi connectivity index (χ4n) is 4.71. The molecule has 0 bridgehead atoms. The second kappa shape index (κ2) is 22.4. The molecule has 2 aromatic carbocycles. The van der Waals surface area contributed by atoms with Crippen LogP contribution in [-0.4, -0.2) is 138 Å². The highest BCUT2D eigenvalue weighted by molar-refractivity contribution is 7.89. The van der Waals surface area contributed by atoms with Crippen molar-refractivity contribution in [3.63, 3.8) is 0 Å². The van der Waals surface area contributed by atoms with Crippen LogP contribution in [0.25, 0.3) is 10.4 Å². The van der Waals surface area contributed by atoms with Crippen molar-refractivity contribution >= 4 is 51.7 Å². The molecule has 0 aliphatic rings. The van der Waals surface area contributed by atoms with Gasteiger partial charge in [0.05, 0.1) is 87.7 Å². The highest BCUT2D eigenvalue weighted by atomic mass is 32.2. The predicted octanol–water partition coefficient (Wildman–Crippen LogP) is 3.32. The quantitative estimate of drug-likeness (QED) is 0.0330. The van der Waals surface area contributed by atoms with Crippen molar-refractivity contribution in [2.45, 2.75) is 37.5 Å². The fourth-order valence-corrected chi connectivity index (χ4v) is 7.98. The minimum atomic E-state index is -5.04. The molecule has 2 rings (SSSR count). The molecule has 0 saturated heterocycles. The lowest BCUT2D eigenvalue weighted by Crippen LogP contribution is -2.46. The lowest BCUT2D eigenvalue weighted by Gasteiger charge is -2.30. The van der Waals surface area contributed by atoms with Gasteiger partial charge >= 0.3 is 0 Å². The maximum absolute atomic E-state index is 14.0. The van der Waals surface area contributed by atoms with Gasteiger partial charge in [0.25, 0.3) is 0 Å². The van der Waals surface area contributed by atoms with Crippen LogP contribution in [0.5, 0.6) is 0 Å². The lowest BCUT2D eigenvalue weighted by atomic mass is 10.2. The number of nitrogens with one attached hydrogen (secondary N) is 3. The molecule has 30 heteroatoms. The Morgan fingerprint density at radius 1 is 0.576 bits per heavy atom. The molecule has 0 saturated carbocycles. The molecule has 0 spiro atoms. The largest absolute Gasteiger partial charge is 0.748 e. The van der Waals surface area contributed by atoms with Crippen molar-refractivity contribution in [2.75, 3.05) is 91.3 Å². The zero-order valence-electron chi connectivity index (χ0n) is 30.5. The van der Waals surface area contributed by atoms with E-state index >= 15 is 0 Å². The first-order valence-electron chi connectivity index (χ1n) is 15.7. The van der Waals surface area contributed by atoms with E-state index in [9.17, 15) is 77.9 Å². The molecule has 0 amide bonds. The van der Waals surface area contributed by atoms with Crippen LogP contribution in [0.3, 0.4) is 0 Å². The Kier molecular flexibility index (Phi) is 21.9. The minimum absolute atomic E-state index is 0. The summed E-state index contributed by atoms with van der Waals surface area (Å²) in [5.74, 6) is -17.9. The molecule has 0 radical (unpaired) electrons. The van der Waals surface area contributed by atoms with Crippen molar-refractivity contribution < 1.29 is 86.9 Å². The Labute approximate surface area is 338 Å². The number of quaternary nitrogens is 2. The van der Waals surface area contributed by atoms with Crippen molar-refractivity contribution in [3.8, 4) is 0 Å². The van der Waals surface area contributed by atoms with Crippen molar-refractivity contribution in [1.29, 1.82) is 0 Å². The van der Waals surface area contributed by atoms with Gasteiger partial charge < -0.3 is 23.4 Å². The summed E-state index contributed by atoms with van der Waals surface area (Å²) in [7, 11) is -11.4. The van der Waals surface area contributed by atoms with Crippen molar-refractivity contribution in [2.24, 2.45) is 5.11 Å². The maximum atomic E-state index is 14.0. The highest BCUT2D eigenvalue weighted by Gasteiger charge is 2.34. The maximum Gasteiger partial charge on any atom is 0.246 e. The minimum Gasteiger partial charge on any atom is -0.748 e. The summed E-state index contributed by atoms with van der Waals surface area (Å²) in [6, 6.07) is 0. The fraction of sp³-hybridized carbons (Fsp3) is 0.586. The van der Waals surface area contributed by atoms with E-state index in [0.717, 1.165) is 7.05 Å². The molecular weight excluding hydrogens is 901 g/mol. The van der Waals surface area contributed by atoms with Crippen LogP contribution in [0.2, 0.25) is 0 Å². The third-order valence-corrected chi connectivity index (χ3v) is 12.2. The van der Waals surface area contributed by atoms with E-state index in [0.29, 0.717) is 0 Å². The zero-order valence-corrected chi connectivity index (χ0v) is 33.8. The molecule has 0 aliphatic heterocycles. The smallest absolute Gasteiger partial charge is 0.246 e. The molecule has 0 unspecified atom stereocenters. The summed E-state index contributed by atoms with van der Waals surface area (Å²) >= 11 is 0. The molecule has 0 aromatic heterocycles. The van der Waals surface area contributed by atoms with Gasteiger partial charge in [-0.25, -0.2) is 78.2 Å². The van der Waals surface area contributed by atoms with Crippen LogP contribution in [-0.2, 0) is 40.3 Å². The van der Waals surface area contributed by atoms with Gasteiger partial charge in [-0.2, -0.15) is 0 Å². The van der Waals surface area contributed by atoms with E-state index in [1.54, 1.807) is 32.9 Å². The monoisotopic (exact) mass is 946 g/mol. The van der Waals surface area contributed by atoms with Crippen LogP contribution < -0.4 is 14.8 Å². The van der Waals surface area contributed by atoms with Gasteiger partial charge in [0, 0.05) is 36.3 Å². The molecule has 18 nitrogen and oxygen atoms in total. The molecule has 59 heavy (non-hydrogen) atoms. The number of nitrogens with zero attached hydrogens (tertiary/aromatic N) is 5. The van der Waals surface area contributed by atoms with Crippen LogP contribution in [0, 0.1) is 46.5 Å². The van der Waals surface area contributed by atoms with Gasteiger partial charge in [-0.1, -0.05) is 20.0 Å². The molecule has 3 N–H and O–H groups in total. The Balaban J connectivity index is 0. The summed E-state index contributed by atoms with van der Waals surface area (Å²) in [5.41, 5.74) is 5.39. The third-order valence-electron chi connectivity index (χ3n) is 7.69. The van der Waals surface area contributed by atoms with Gasteiger partial charge in [-0.3, -0.25) is 0 Å². The van der Waals surface area contributed by atoms with E-state index in [2.05, 4.69) is 5.11 Å². The van der Waals surface area contributed by atoms with Gasteiger partial charge in [0.1, 0.15) is 11.4 Å². The van der Waals surface area contributed by atoms with Crippen molar-refractivity contribution in [1.82, 2.24) is 9.44 Å². The Morgan fingerprint density at radius 2 is 0.881 bits per heavy atom. The average molecular weight is 947 g/mol. The Morgan fingerprint density at radius 3 is 1.15 bits per heavy atom. The number of likely N-dealkylation sites (N-methyl/N-ethyl adjacent to an activating group) is 2. The molecule has 2 aromatic rings. The summed E-state index contributed by atoms with van der Waals surface area (Å²) in [6.07, 6.45) is 0.0167. The average Bonchev–Trinajstić information content (AvgIpc) is 3.03. The molecule has 342 valence electrons. The first-order chi connectivity index (χ1) is 25.8. The first-order valence-corrected chi connectivity index (χ1v) is 21.8. The van der Waals surface area contributed by atoms with Crippen LogP contribution in [0.15, 0.2) is 14.9 Å². The number of hydrogen-bond donors (Lipinski definition) is 3. The van der Waals surface area contributed by atoms with Gasteiger partial charge in [-0.15, -0.1) is 0 Å². The molecule has 0 heterocycles. The van der Waals surface area contributed by atoms with Crippen LogP contribution in [0.1, 0.15) is 27.7 Å². The van der Waals surface area contributed by atoms with E-state index in [4.69, 9.17) is 5.53 Å². The Hall–Kier alpha value is -3.45. The molecule has 0 aliphatic carbocycles. The lowest BCUT2D eigenvalue weighted by molar-refractivity contribution is -0.889. The third kappa shape index (κ3) is 17.2. The normalized spacial score (nSPS) is 12.4. The summed E-state index contributed by atoms with van der Waals surface area (Å²) in [4.78, 5) is -1.68. The Bertz CT molecular complexity index is 2240. The second-order valence-corrected chi connectivity index (χ2v) is 19.6. The van der Waals surface area contributed by atoms with E-state index in [1.165, 1.54) is 0 Å².